The van der Waals surface area contributed by atoms with Gasteiger partial charge in [-0.25, -0.2) is 9.37 Å². The van der Waals surface area contributed by atoms with Crippen molar-refractivity contribution in [3.8, 4) is 0 Å². The van der Waals surface area contributed by atoms with E-state index in [1.165, 1.54) is 0 Å². The molecule has 1 aliphatic carbocycles. The fourth-order valence-electron chi connectivity index (χ4n) is 2.24. The maximum atomic E-state index is 13.0. The van der Waals surface area contributed by atoms with E-state index in [1.807, 2.05) is 0 Å². The van der Waals surface area contributed by atoms with Gasteiger partial charge in [0.15, 0.2) is 0 Å². The number of nitrogens with two attached hydrogens (primary N) is 1. The van der Waals surface area contributed by atoms with E-state index in [1.54, 1.807) is 0 Å². The zero-order valence-electron chi connectivity index (χ0n) is 9.74. The summed E-state index contributed by atoms with van der Waals surface area (Å²) in [5.41, 5.74) is 5.68. The highest BCUT2D eigenvalue weighted by molar-refractivity contribution is 5.98. The van der Waals surface area contributed by atoms with Crippen molar-refractivity contribution in [2.75, 3.05) is 5.73 Å². The van der Waals surface area contributed by atoms with Crippen molar-refractivity contribution < 1.29 is 9.18 Å². The Morgan fingerprint density at radius 3 is 3.00 bits per heavy atom. The van der Waals surface area contributed by atoms with E-state index in [0.29, 0.717) is 5.92 Å². The lowest BCUT2D eigenvalue weighted by molar-refractivity contribution is 0.0930. The van der Waals surface area contributed by atoms with Crippen molar-refractivity contribution in [2.45, 2.75) is 32.2 Å². The molecule has 0 bridgehead atoms. The Morgan fingerprint density at radius 1 is 1.59 bits per heavy atom. The van der Waals surface area contributed by atoms with Gasteiger partial charge in [0, 0.05) is 6.04 Å². The van der Waals surface area contributed by atoms with Crippen LogP contribution in [0.15, 0.2) is 12.3 Å². The van der Waals surface area contributed by atoms with Gasteiger partial charge in [-0.1, -0.05) is 13.3 Å². The first-order chi connectivity index (χ1) is 8.08. The van der Waals surface area contributed by atoms with Crippen LogP contribution in [0.25, 0.3) is 0 Å². The summed E-state index contributed by atoms with van der Waals surface area (Å²) >= 11 is 0. The van der Waals surface area contributed by atoms with Crippen molar-refractivity contribution in [3.63, 3.8) is 0 Å². The summed E-state index contributed by atoms with van der Waals surface area (Å²) in [6.45, 7) is 2.10. The first kappa shape index (κ1) is 11.8. The van der Waals surface area contributed by atoms with Crippen LogP contribution in [0, 0.1) is 11.7 Å². The van der Waals surface area contributed by atoms with Gasteiger partial charge in [-0.15, -0.1) is 0 Å². The van der Waals surface area contributed by atoms with Crippen LogP contribution >= 0.6 is 0 Å². The van der Waals surface area contributed by atoms with Crippen LogP contribution in [-0.2, 0) is 0 Å². The number of hydrogen-bond acceptors (Lipinski definition) is 3. The molecule has 1 heterocycles. The summed E-state index contributed by atoms with van der Waals surface area (Å²) in [6, 6.07) is 1.28. The third-order valence-corrected chi connectivity index (χ3v) is 3.31. The van der Waals surface area contributed by atoms with Gasteiger partial charge >= 0.3 is 0 Å². The Bertz CT molecular complexity index is 436. The average Bonchev–Trinajstić information content (AvgIpc) is 2.68. The number of nitrogens with one attached hydrogen (secondary N) is 1. The second kappa shape index (κ2) is 4.69. The van der Waals surface area contributed by atoms with Gasteiger partial charge in [0.25, 0.3) is 5.91 Å². The van der Waals surface area contributed by atoms with Crippen LogP contribution in [0.1, 0.15) is 36.5 Å². The van der Waals surface area contributed by atoms with Crippen LogP contribution in [0.3, 0.4) is 0 Å². The summed E-state index contributed by atoms with van der Waals surface area (Å²) in [7, 11) is 0. The minimum atomic E-state index is -0.552. The molecule has 0 spiro atoms. The van der Waals surface area contributed by atoms with Gasteiger partial charge in [0.1, 0.15) is 11.6 Å². The summed E-state index contributed by atoms with van der Waals surface area (Å²) in [6.07, 6.45) is 4.20. The summed E-state index contributed by atoms with van der Waals surface area (Å²) in [4.78, 5) is 15.6. The molecule has 1 saturated carbocycles. The molecule has 0 saturated heterocycles. The number of amides is 1. The molecule has 1 fully saturated rings. The lowest BCUT2D eigenvalue weighted by Crippen LogP contribution is -2.36. The molecule has 0 radical (unpaired) electrons. The molecule has 1 aromatic heterocycles. The lowest BCUT2D eigenvalue weighted by atomic mass is 10.1. The van der Waals surface area contributed by atoms with Crippen molar-refractivity contribution >= 4 is 11.7 Å². The fraction of sp³-hybridized carbons (Fsp3) is 0.500. The van der Waals surface area contributed by atoms with Crippen molar-refractivity contribution in [1.29, 1.82) is 0 Å². The van der Waals surface area contributed by atoms with Crippen molar-refractivity contribution in [1.82, 2.24) is 10.3 Å². The second-order valence-electron chi connectivity index (χ2n) is 4.57. The molecule has 92 valence electrons. The SMILES string of the molecule is CC1CCCC1NC(=O)c1cc(F)cnc1N. The minimum Gasteiger partial charge on any atom is -0.383 e. The Balaban J connectivity index is 2.11. The number of nitrogen functional groups attached to an aromatic ring is 1. The van der Waals surface area contributed by atoms with Crippen LogP contribution in [0.5, 0.6) is 0 Å². The first-order valence-electron chi connectivity index (χ1n) is 5.80. The molecular formula is C12H16FN3O. The molecule has 1 aromatic rings. The molecule has 0 aliphatic heterocycles. The quantitative estimate of drug-likeness (QED) is 0.823. The number of rotatable bonds is 2. The van der Waals surface area contributed by atoms with Gasteiger partial charge in [-0.3, -0.25) is 4.79 Å². The fourth-order valence-corrected chi connectivity index (χ4v) is 2.24. The smallest absolute Gasteiger partial charge is 0.255 e. The van der Waals surface area contributed by atoms with Crippen molar-refractivity contribution in [3.05, 3.63) is 23.6 Å². The van der Waals surface area contributed by atoms with Gasteiger partial charge in [-0.2, -0.15) is 0 Å². The van der Waals surface area contributed by atoms with E-state index < -0.39 is 5.82 Å². The van der Waals surface area contributed by atoms with Crippen molar-refractivity contribution in [2.24, 2.45) is 5.92 Å². The van der Waals surface area contributed by atoms with Crippen LogP contribution in [-0.4, -0.2) is 16.9 Å². The number of hydrogen-bond donors (Lipinski definition) is 2. The predicted molar refractivity (Wildman–Crippen MR) is 62.9 cm³/mol. The van der Waals surface area contributed by atoms with E-state index in [2.05, 4.69) is 17.2 Å². The Kier molecular flexibility index (Phi) is 3.26. The summed E-state index contributed by atoms with van der Waals surface area (Å²) in [5.74, 6) is -0.367. The highest BCUT2D eigenvalue weighted by Gasteiger charge is 2.25. The standard InChI is InChI=1S/C12H16FN3O/c1-7-3-2-4-10(7)16-12(17)9-5-8(13)6-15-11(9)14/h5-7,10H,2-4H2,1H3,(H2,14,15)(H,16,17). The predicted octanol–water partition coefficient (Wildman–Crippen LogP) is 1.72. The molecule has 4 nitrogen and oxygen atoms in total. The number of carbonyl (C=O) groups excluding carboxylic acids is 1. The normalized spacial score (nSPS) is 23.6. The lowest BCUT2D eigenvalue weighted by Gasteiger charge is -2.17. The topological polar surface area (TPSA) is 68.0 Å². The zero-order valence-corrected chi connectivity index (χ0v) is 9.74. The van der Waals surface area contributed by atoms with Crippen LogP contribution < -0.4 is 11.1 Å². The summed E-state index contributed by atoms with van der Waals surface area (Å²) < 4.78 is 13.0. The number of nitrogens with zero attached hydrogens (tertiary/aromatic N) is 1. The molecule has 1 amide bonds. The van der Waals surface area contributed by atoms with Crippen LogP contribution in [0.2, 0.25) is 0 Å². The number of halogens is 1. The Hall–Kier alpha value is -1.65. The molecule has 5 heteroatoms. The third-order valence-electron chi connectivity index (χ3n) is 3.31. The highest BCUT2D eigenvalue weighted by atomic mass is 19.1. The van der Waals surface area contributed by atoms with Crippen LogP contribution in [0.4, 0.5) is 10.2 Å². The number of aromatic nitrogens is 1. The van der Waals surface area contributed by atoms with Gasteiger partial charge < -0.3 is 11.1 Å². The molecule has 2 unspecified atom stereocenters. The molecule has 3 N–H and O–H groups in total. The van der Waals surface area contributed by atoms with Gasteiger partial charge in [-0.05, 0) is 24.8 Å². The van der Waals surface area contributed by atoms with E-state index in [4.69, 9.17) is 5.73 Å². The average molecular weight is 237 g/mol. The second-order valence-corrected chi connectivity index (χ2v) is 4.57. The third kappa shape index (κ3) is 2.54. The minimum absolute atomic E-state index is 0.0644. The molecule has 17 heavy (non-hydrogen) atoms. The van der Waals surface area contributed by atoms with Gasteiger partial charge in [0.2, 0.25) is 0 Å². The number of carbonyl (C=O) groups is 1. The Labute approximate surface area is 99.4 Å². The monoisotopic (exact) mass is 237 g/mol. The molecule has 2 atom stereocenters. The zero-order chi connectivity index (χ0) is 12.4. The molecule has 1 aliphatic rings. The molecule has 0 aromatic carbocycles. The largest absolute Gasteiger partial charge is 0.383 e. The van der Waals surface area contributed by atoms with Gasteiger partial charge in [0.05, 0.1) is 11.8 Å². The van der Waals surface area contributed by atoms with E-state index in [-0.39, 0.29) is 23.3 Å². The highest BCUT2D eigenvalue weighted by Crippen LogP contribution is 2.25. The number of anilines is 1. The molecular weight excluding hydrogens is 221 g/mol. The van der Waals surface area contributed by atoms with E-state index >= 15 is 0 Å². The number of pyridine rings is 1. The maximum Gasteiger partial charge on any atom is 0.255 e. The van der Waals surface area contributed by atoms with E-state index in [9.17, 15) is 9.18 Å². The maximum absolute atomic E-state index is 13.0. The summed E-state index contributed by atoms with van der Waals surface area (Å²) in [5, 5.41) is 2.89. The Morgan fingerprint density at radius 2 is 2.35 bits per heavy atom. The first-order valence-corrected chi connectivity index (χ1v) is 5.80. The molecule has 2 rings (SSSR count). The van der Waals surface area contributed by atoms with E-state index in [0.717, 1.165) is 31.5 Å².